The number of hydrogen-bond donors (Lipinski definition) is 0. The van der Waals surface area contributed by atoms with E-state index in [1.807, 2.05) is 6.92 Å². The Labute approximate surface area is 133 Å². The highest BCUT2D eigenvalue weighted by molar-refractivity contribution is 5.81. The molecular formula is C17H30O5. The third-order valence-corrected chi connectivity index (χ3v) is 4.32. The van der Waals surface area contributed by atoms with Crippen molar-refractivity contribution in [1.82, 2.24) is 0 Å². The Morgan fingerprint density at radius 1 is 1.27 bits per heavy atom. The third kappa shape index (κ3) is 6.44. The largest absolute Gasteiger partial charge is 0.466 e. The van der Waals surface area contributed by atoms with Crippen LogP contribution in [0.4, 0.5) is 0 Å². The van der Waals surface area contributed by atoms with Crippen LogP contribution in [0.3, 0.4) is 0 Å². The standard InChI is InChI=1S/C17H30O5/c1-4-21-16(19)11-10-13-8-6-7-9-15(18)14(13)12-17(20-3)22-5-2/h13-14,17H,4-12H2,1-3H3/t13-,14-,17?/m0/s1. The monoisotopic (exact) mass is 314 g/mol. The van der Waals surface area contributed by atoms with Crippen molar-refractivity contribution in [2.24, 2.45) is 11.8 Å². The normalized spacial score (nSPS) is 23.9. The van der Waals surface area contributed by atoms with Crippen LogP contribution < -0.4 is 0 Å². The number of Topliss-reactive ketones (excluding diaryl/α,β-unsaturated/α-hetero) is 1. The maximum absolute atomic E-state index is 12.4. The van der Waals surface area contributed by atoms with E-state index < -0.39 is 0 Å². The first-order chi connectivity index (χ1) is 10.6. The lowest BCUT2D eigenvalue weighted by molar-refractivity contribution is -0.147. The van der Waals surface area contributed by atoms with Crippen LogP contribution in [0.15, 0.2) is 0 Å². The van der Waals surface area contributed by atoms with Gasteiger partial charge in [-0.05, 0) is 39.0 Å². The molecular weight excluding hydrogens is 284 g/mol. The number of methoxy groups -OCH3 is 1. The lowest BCUT2D eigenvalue weighted by Gasteiger charge is -2.27. The summed E-state index contributed by atoms with van der Waals surface area (Å²) in [5, 5.41) is 0. The van der Waals surface area contributed by atoms with E-state index in [9.17, 15) is 9.59 Å². The Balaban J connectivity index is 2.66. The molecule has 0 aliphatic heterocycles. The second-order valence-electron chi connectivity index (χ2n) is 5.78. The van der Waals surface area contributed by atoms with E-state index in [0.717, 1.165) is 19.3 Å². The van der Waals surface area contributed by atoms with E-state index >= 15 is 0 Å². The van der Waals surface area contributed by atoms with Crippen LogP contribution in [-0.2, 0) is 23.8 Å². The predicted molar refractivity (Wildman–Crippen MR) is 83.4 cm³/mol. The van der Waals surface area contributed by atoms with Crippen molar-refractivity contribution in [3.05, 3.63) is 0 Å². The van der Waals surface area contributed by atoms with Crippen molar-refractivity contribution >= 4 is 11.8 Å². The van der Waals surface area contributed by atoms with Crippen LogP contribution >= 0.6 is 0 Å². The molecule has 0 heterocycles. The smallest absolute Gasteiger partial charge is 0.305 e. The van der Waals surface area contributed by atoms with Gasteiger partial charge < -0.3 is 14.2 Å². The van der Waals surface area contributed by atoms with E-state index in [1.54, 1.807) is 14.0 Å². The summed E-state index contributed by atoms with van der Waals surface area (Å²) in [7, 11) is 1.61. The molecule has 0 radical (unpaired) electrons. The molecule has 1 saturated carbocycles. The molecule has 22 heavy (non-hydrogen) atoms. The minimum absolute atomic E-state index is 0.0755. The third-order valence-electron chi connectivity index (χ3n) is 4.32. The van der Waals surface area contributed by atoms with Crippen molar-refractivity contribution in [3.63, 3.8) is 0 Å². The van der Waals surface area contributed by atoms with E-state index in [4.69, 9.17) is 14.2 Å². The Hall–Kier alpha value is -0.940. The van der Waals surface area contributed by atoms with Crippen LogP contribution in [0.1, 0.15) is 58.8 Å². The van der Waals surface area contributed by atoms with Crippen molar-refractivity contribution < 1.29 is 23.8 Å². The number of ketones is 1. The van der Waals surface area contributed by atoms with Crippen LogP contribution in [0.2, 0.25) is 0 Å². The minimum atomic E-state index is -0.345. The minimum Gasteiger partial charge on any atom is -0.466 e. The molecule has 3 atom stereocenters. The molecule has 0 N–H and O–H groups in total. The molecule has 0 aromatic carbocycles. The van der Waals surface area contributed by atoms with E-state index in [2.05, 4.69) is 0 Å². The lowest BCUT2D eigenvalue weighted by atomic mass is 9.81. The highest BCUT2D eigenvalue weighted by atomic mass is 16.7. The summed E-state index contributed by atoms with van der Waals surface area (Å²) in [6.45, 7) is 4.69. The summed E-state index contributed by atoms with van der Waals surface area (Å²) >= 11 is 0. The second kappa shape index (κ2) is 10.7. The molecule has 1 unspecified atom stereocenters. The summed E-state index contributed by atoms with van der Waals surface area (Å²) in [6, 6.07) is 0. The quantitative estimate of drug-likeness (QED) is 0.372. The van der Waals surface area contributed by atoms with Gasteiger partial charge in [0, 0.05) is 38.9 Å². The fraction of sp³-hybridized carbons (Fsp3) is 0.882. The van der Waals surface area contributed by atoms with Gasteiger partial charge in [-0.15, -0.1) is 0 Å². The van der Waals surface area contributed by atoms with Crippen molar-refractivity contribution in [3.8, 4) is 0 Å². The number of rotatable bonds is 9. The first-order valence-electron chi connectivity index (χ1n) is 8.45. The first kappa shape index (κ1) is 19.1. The van der Waals surface area contributed by atoms with Gasteiger partial charge in [-0.1, -0.05) is 6.42 Å². The summed E-state index contributed by atoms with van der Waals surface area (Å²) < 4.78 is 15.9. The summed E-state index contributed by atoms with van der Waals surface area (Å²) in [4.78, 5) is 24.0. The summed E-state index contributed by atoms with van der Waals surface area (Å²) in [5.74, 6) is 0.255. The van der Waals surface area contributed by atoms with Gasteiger partial charge in [0.25, 0.3) is 0 Å². The Morgan fingerprint density at radius 3 is 2.68 bits per heavy atom. The molecule has 0 spiro atoms. The SMILES string of the molecule is CCOC(=O)CC[C@@H]1CCCCC(=O)[C@H]1CC(OC)OCC. The summed E-state index contributed by atoms with van der Waals surface area (Å²) in [5.41, 5.74) is 0. The van der Waals surface area contributed by atoms with Gasteiger partial charge in [0.15, 0.2) is 6.29 Å². The van der Waals surface area contributed by atoms with Crippen molar-refractivity contribution in [2.45, 2.75) is 65.1 Å². The molecule has 0 saturated heterocycles. The van der Waals surface area contributed by atoms with Gasteiger partial charge in [0.1, 0.15) is 5.78 Å². The maximum Gasteiger partial charge on any atom is 0.305 e. The average Bonchev–Trinajstić information content (AvgIpc) is 2.67. The zero-order valence-electron chi connectivity index (χ0n) is 14.1. The lowest BCUT2D eigenvalue weighted by Crippen LogP contribution is -2.29. The zero-order valence-corrected chi connectivity index (χ0v) is 14.1. The van der Waals surface area contributed by atoms with Crippen LogP contribution in [0.5, 0.6) is 0 Å². The van der Waals surface area contributed by atoms with Gasteiger partial charge in [0.2, 0.25) is 0 Å². The number of carbonyl (C=O) groups is 2. The molecule has 5 heteroatoms. The topological polar surface area (TPSA) is 61.8 Å². The number of carbonyl (C=O) groups excluding carboxylic acids is 2. The molecule has 0 bridgehead atoms. The molecule has 1 aliphatic rings. The fourth-order valence-electron chi connectivity index (χ4n) is 3.19. The van der Waals surface area contributed by atoms with Crippen LogP contribution in [0, 0.1) is 11.8 Å². The molecule has 1 aliphatic carbocycles. The first-order valence-corrected chi connectivity index (χ1v) is 8.45. The van der Waals surface area contributed by atoms with E-state index in [-0.39, 0.29) is 29.9 Å². The highest BCUT2D eigenvalue weighted by Crippen LogP contribution is 2.33. The summed E-state index contributed by atoms with van der Waals surface area (Å²) in [6.07, 6.45) is 4.92. The van der Waals surface area contributed by atoms with Gasteiger partial charge >= 0.3 is 5.97 Å². The molecule has 128 valence electrons. The van der Waals surface area contributed by atoms with Gasteiger partial charge in [-0.2, -0.15) is 0 Å². The zero-order chi connectivity index (χ0) is 16.4. The molecule has 5 nitrogen and oxygen atoms in total. The second-order valence-corrected chi connectivity index (χ2v) is 5.78. The van der Waals surface area contributed by atoms with Crippen molar-refractivity contribution in [1.29, 1.82) is 0 Å². The molecule has 0 aromatic heterocycles. The van der Waals surface area contributed by atoms with Crippen LogP contribution in [0.25, 0.3) is 0 Å². The molecule has 1 rings (SSSR count). The Morgan fingerprint density at radius 2 is 2.05 bits per heavy atom. The highest BCUT2D eigenvalue weighted by Gasteiger charge is 2.32. The van der Waals surface area contributed by atoms with E-state index in [1.165, 1.54) is 0 Å². The van der Waals surface area contributed by atoms with Crippen molar-refractivity contribution in [2.75, 3.05) is 20.3 Å². The number of ether oxygens (including phenoxy) is 3. The molecule has 1 fully saturated rings. The van der Waals surface area contributed by atoms with E-state index in [0.29, 0.717) is 38.9 Å². The average molecular weight is 314 g/mol. The Kier molecular flexibility index (Phi) is 9.32. The molecule has 0 amide bonds. The maximum atomic E-state index is 12.4. The van der Waals surface area contributed by atoms with Gasteiger partial charge in [-0.3, -0.25) is 9.59 Å². The predicted octanol–water partition coefficient (Wildman–Crippen LogP) is 3.10. The fourth-order valence-corrected chi connectivity index (χ4v) is 3.19. The molecule has 0 aromatic rings. The van der Waals surface area contributed by atoms with Gasteiger partial charge in [-0.25, -0.2) is 0 Å². The Bertz CT molecular complexity index is 342. The number of hydrogen-bond acceptors (Lipinski definition) is 5. The van der Waals surface area contributed by atoms with Gasteiger partial charge in [0.05, 0.1) is 6.61 Å². The van der Waals surface area contributed by atoms with Crippen LogP contribution in [-0.4, -0.2) is 38.4 Å². The number of esters is 1.